The number of hydrogen-bond acceptors (Lipinski definition) is 4. The van der Waals surface area contributed by atoms with Crippen LogP contribution in [-0.4, -0.2) is 34.1 Å². The molecule has 6 nitrogen and oxygen atoms in total. The van der Waals surface area contributed by atoms with Crippen molar-refractivity contribution < 1.29 is 18.3 Å². The standard InChI is InChI=1S/C23H22F2N4O2/c1-15-13-28(14-26-15)21-6-5-16(9-22(21)31-2)8-17-4-3-7-29(23(17)30)27-20-11-18(24)10-19(25)12-20/h5-6,8-14,27H,3-4,7H2,1-2H3. The molecule has 1 fully saturated rings. The third-order valence-electron chi connectivity index (χ3n) is 5.01. The van der Waals surface area contributed by atoms with E-state index >= 15 is 0 Å². The van der Waals surface area contributed by atoms with Crippen LogP contribution < -0.4 is 10.2 Å². The number of benzene rings is 2. The zero-order valence-electron chi connectivity index (χ0n) is 17.2. The smallest absolute Gasteiger partial charge is 0.268 e. The SMILES string of the molecule is COc1cc(C=C2CCCN(Nc3cc(F)cc(F)c3)C2=O)ccc1-n1cnc(C)c1. The summed E-state index contributed by atoms with van der Waals surface area (Å²) in [5.41, 5.74) is 6.16. The minimum Gasteiger partial charge on any atom is -0.495 e. The summed E-state index contributed by atoms with van der Waals surface area (Å²) < 4.78 is 34.3. The number of anilines is 1. The van der Waals surface area contributed by atoms with Gasteiger partial charge in [-0.15, -0.1) is 0 Å². The molecule has 0 saturated carbocycles. The highest BCUT2D eigenvalue weighted by Gasteiger charge is 2.23. The van der Waals surface area contributed by atoms with Crippen molar-refractivity contribution in [3.05, 3.63) is 77.4 Å². The van der Waals surface area contributed by atoms with Crippen molar-refractivity contribution in [2.75, 3.05) is 19.1 Å². The van der Waals surface area contributed by atoms with E-state index in [1.807, 2.05) is 42.0 Å². The Morgan fingerprint density at radius 2 is 1.94 bits per heavy atom. The molecule has 1 amide bonds. The number of ether oxygens (including phenoxy) is 1. The number of rotatable bonds is 5. The molecule has 1 saturated heterocycles. The molecular formula is C23H22F2N4O2. The Kier molecular flexibility index (Phi) is 5.70. The van der Waals surface area contributed by atoms with Crippen molar-refractivity contribution in [2.45, 2.75) is 19.8 Å². The molecule has 4 rings (SSSR count). The molecule has 0 spiro atoms. The Balaban J connectivity index is 1.57. The molecule has 31 heavy (non-hydrogen) atoms. The first-order valence-electron chi connectivity index (χ1n) is 9.87. The van der Waals surface area contributed by atoms with Gasteiger partial charge < -0.3 is 9.30 Å². The first-order valence-corrected chi connectivity index (χ1v) is 9.87. The largest absolute Gasteiger partial charge is 0.495 e. The maximum Gasteiger partial charge on any atom is 0.268 e. The van der Waals surface area contributed by atoms with Crippen molar-refractivity contribution in [3.8, 4) is 11.4 Å². The number of nitrogens with zero attached hydrogens (tertiary/aromatic N) is 3. The summed E-state index contributed by atoms with van der Waals surface area (Å²) in [6, 6.07) is 8.76. The molecule has 0 radical (unpaired) electrons. The summed E-state index contributed by atoms with van der Waals surface area (Å²) in [5.74, 6) is -0.990. The van der Waals surface area contributed by atoms with Crippen LogP contribution in [0.5, 0.6) is 5.75 Å². The molecule has 160 valence electrons. The average Bonchev–Trinajstić information content (AvgIpc) is 3.16. The van der Waals surface area contributed by atoms with Gasteiger partial charge in [-0.3, -0.25) is 15.2 Å². The third-order valence-corrected chi connectivity index (χ3v) is 5.01. The lowest BCUT2D eigenvalue weighted by atomic mass is 10.0. The fourth-order valence-electron chi connectivity index (χ4n) is 3.58. The van der Waals surface area contributed by atoms with Gasteiger partial charge in [-0.25, -0.2) is 13.8 Å². The fourth-order valence-corrected chi connectivity index (χ4v) is 3.58. The van der Waals surface area contributed by atoms with Crippen LogP contribution in [0.25, 0.3) is 11.8 Å². The number of methoxy groups -OCH3 is 1. The Hall–Kier alpha value is -3.68. The third kappa shape index (κ3) is 4.58. The van der Waals surface area contributed by atoms with Gasteiger partial charge in [-0.2, -0.15) is 0 Å². The van der Waals surface area contributed by atoms with Crippen molar-refractivity contribution in [1.82, 2.24) is 14.6 Å². The Labute approximate surface area is 178 Å². The molecular weight excluding hydrogens is 402 g/mol. The molecule has 1 aliphatic heterocycles. The highest BCUT2D eigenvalue weighted by molar-refractivity contribution is 5.99. The van der Waals surface area contributed by atoms with Crippen LogP contribution in [0.4, 0.5) is 14.5 Å². The number of amides is 1. The van der Waals surface area contributed by atoms with Gasteiger partial charge in [0.2, 0.25) is 0 Å². The monoisotopic (exact) mass is 424 g/mol. The number of hydrazine groups is 1. The maximum atomic E-state index is 13.5. The van der Waals surface area contributed by atoms with E-state index in [4.69, 9.17) is 4.74 Å². The molecule has 1 aliphatic rings. The van der Waals surface area contributed by atoms with Crippen molar-refractivity contribution in [3.63, 3.8) is 0 Å². The van der Waals surface area contributed by atoms with E-state index in [-0.39, 0.29) is 11.6 Å². The quantitative estimate of drug-likeness (QED) is 0.613. The molecule has 2 aromatic carbocycles. The summed E-state index contributed by atoms with van der Waals surface area (Å²) in [4.78, 5) is 17.2. The van der Waals surface area contributed by atoms with Crippen LogP contribution in [0, 0.1) is 18.6 Å². The Morgan fingerprint density at radius 1 is 1.16 bits per heavy atom. The summed E-state index contributed by atoms with van der Waals surface area (Å²) >= 11 is 0. The van der Waals surface area contributed by atoms with Crippen LogP contribution >= 0.6 is 0 Å². The second-order valence-corrected chi connectivity index (χ2v) is 7.35. The topological polar surface area (TPSA) is 59.4 Å². The van der Waals surface area contributed by atoms with E-state index in [1.54, 1.807) is 13.4 Å². The molecule has 0 atom stereocenters. The van der Waals surface area contributed by atoms with Crippen LogP contribution in [0.15, 0.2) is 54.5 Å². The predicted octanol–water partition coefficient (Wildman–Crippen LogP) is 4.50. The van der Waals surface area contributed by atoms with E-state index in [0.29, 0.717) is 24.3 Å². The number of hydrogen-bond donors (Lipinski definition) is 1. The maximum absolute atomic E-state index is 13.5. The number of aromatic nitrogens is 2. The molecule has 8 heteroatoms. The average molecular weight is 424 g/mol. The second kappa shape index (κ2) is 8.59. The van der Waals surface area contributed by atoms with Crippen LogP contribution in [-0.2, 0) is 4.79 Å². The molecule has 0 aliphatic carbocycles. The van der Waals surface area contributed by atoms with E-state index in [0.717, 1.165) is 41.6 Å². The van der Waals surface area contributed by atoms with Gasteiger partial charge in [0, 0.05) is 24.4 Å². The summed E-state index contributed by atoms with van der Waals surface area (Å²) in [6.45, 7) is 2.35. The van der Waals surface area contributed by atoms with Gasteiger partial charge in [0.05, 0.1) is 30.5 Å². The van der Waals surface area contributed by atoms with Crippen molar-refractivity contribution in [1.29, 1.82) is 0 Å². The minimum atomic E-state index is -0.706. The van der Waals surface area contributed by atoms with Crippen LogP contribution in [0.1, 0.15) is 24.1 Å². The lowest BCUT2D eigenvalue weighted by Crippen LogP contribution is -2.41. The number of nitrogens with one attached hydrogen (secondary N) is 1. The van der Waals surface area contributed by atoms with Crippen molar-refractivity contribution in [2.24, 2.45) is 0 Å². The molecule has 0 bridgehead atoms. The van der Waals surface area contributed by atoms with E-state index in [9.17, 15) is 13.6 Å². The summed E-state index contributed by atoms with van der Waals surface area (Å²) in [6.07, 6.45) is 6.77. The number of imidazole rings is 1. The number of piperidine rings is 1. The van der Waals surface area contributed by atoms with E-state index in [2.05, 4.69) is 10.4 Å². The molecule has 0 unspecified atom stereocenters. The number of halogens is 2. The van der Waals surface area contributed by atoms with Gasteiger partial charge in [-0.1, -0.05) is 6.07 Å². The molecule has 3 aromatic rings. The first kappa shape index (κ1) is 20.6. The van der Waals surface area contributed by atoms with Gasteiger partial charge in [0.15, 0.2) is 0 Å². The zero-order chi connectivity index (χ0) is 22.0. The molecule has 1 aromatic heterocycles. The van der Waals surface area contributed by atoms with E-state index in [1.165, 1.54) is 5.01 Å². The second-order valence-electron chi connectivity index (χ2n) is 7.35. The number of aryl methyl sites for hydroxylation is 1. The number of carbonyl (C=O) groups excluding carboxylic acids is 1. The fraction of sp³-hybridized carbons (Fsp3) is 0.217. The van der Waals surface area contributed by atoms with Crippen molar-refractivity contribution >= 4 is 17.7 Å². The lowest BCUT2D eigenvalue weighted by molar-refractivity contribution is -0.127. The Morgan fingerprint density at radius 3 is 2.61 bits per heavy atom. The minimum absolute atomic E-state index is 0.189. The number of carbonyl (C=O) groups is 1. The highest BCUT2D eigenvalue weighted by atomic mass is 19.1. The van der Waals surface area contributed by atoms with E-state index < -0.39 is 11.6 Å². The van der Waals surface area contributed by atoms with Gasteiger partial charge in [0.1, 0.15) is 17.4 Å². The first-order chi connectivity index (χ1) is 14.9. The van der Waals surface area contributed by atoms with Crippen LogP contribution in [0.2, 0.25) is 0 Å². The zero-order valence-corrected chi connectivity index (χ0v) is 17.2. The predicted molar refractivity (Wildman–Crippen MR) is 114 cm³/mol. The van der Waals surface area contributed by atoms with Crippen LogP contribution in [0.3, 0.4) is 0 Å². The summed E-state index contributed by atoms with van der Waals surface area (Å²) in [7, 11) is 1.59. The van der Waals surface area contributed by atoms with Gasteiger partial charge in [-0.05, 0) is 55.7 Å². The molecule has 2 heterocycles. The van der Waals surface area contributed by atoms with Gasteiger partial charge >= 0.3 is 0 Å². The molecule has 1 N–H and O–H groups in total. The van der Waals surface area contributed by atoms with Gasteiger partial charge in [0.25, 0.3) is 5.91 Å². The lowest BCUT2D eigenvalue weighted by Gasteiger charge is -2.29. The Bertz CT molecular complexity index is 1140. The normalized spacial score (nSPS) is 15.4. The highest BCUT2D eigenvalue weighted by Crippen LogP contribution is 2.27. The summed E-state index contributed by atoms with van der Waals surface area (Å²) in [5, 5.41) is 1.38.